The molecule has 4 nitrogen and oxygen atoms in total. The van der Waals surface area contributed by atoms with Crippen LogP contribution in [-0.4, -0.2) is 27.7 Å². The van der Waals surface area contributed by atoms with E-state index in [-0.39, 0.29) is 11.8 Å². The Hall–Kier alpha value is -0.630. The Kier molecular flexibility index (Phi) is 2.14. The van der Waals surface area contributed by atoms with Gasteiger partial charge < -0.3 is 9.78 Å². The van der Waals surface area contributed by atoms with Crippen molar-refractivity contribution in [1.29, 1.82) is 0 Å². The van der Waals surface area contributed by atoms with Gasteiger partial charge in [-0.1, -0.05) is 6.92 Å². The first kappa shape index (κ1) is 8.47. The summed E-state index contributed by atoms with van der Waals surface area (Å²) >= 11 is 0. The van der Waals surface area contributed by atoms with Crippen molar-refractivity contribution in [3.05, 3.63) is 0 Å². The highest BCUT2D eigenvalue weighted by molar-refractivity contribution is 7.14. The third-order valence-electron chi connectivity index (χ3n) is 1.87. The van der Waals surface area contributed by atoms with Crippen molar-refractivity contribution >= 4 is 21.3 Å². The summed E-state index contributed by atoms with van der Waals surface area (Å²) < 4.78 is 1.22. The van der Waals surface area contributed by atoms with Gasteiger partial charge in [-0.25, -0.2) is 4.79 Å². The third kappa shape index (κ3) is 1.36. The van der Waals surface area contributed by atoms with Crippen LogP contribution in [0.5, 0.6) is 0 Å². The molecule has 0 saturated carbocycles. The van der Waals surface area contributed by atoms with Gasteiger partial charge in [-0.2, -0.15) is 0 Å². The molecule has 0 aromatic carbocycles. The molecule has 0 aliphatic carbocycles. The molecule has 0 aromatic heterocycles. The minimum Gasteiger partial charge on any atom is -0.480 e. The second-order valence-electron chi connectivity index (χ2n) is 2.74. The molecule has 0 spiro atoms. The Morgan fingerprint density at radius 3 is 2.55 bits per heavy atom. The fraction of sp³-hybridized carbons (Fsp3) is 0.667. The number of carboxylic acids is 1. The number of hydrogen-bond acceptors (Lipinski definition) is 2. The van der Waals surface area contributed by atoms with Crippen LogP contribution in [0.1, 0.15) is 13.3 Å². The molecule has 3 atom stereocenters. The van der Waals surface area contributed by atoms with E-state index in [4.69, 9.17) is 5.11 Å². The topological polar surface area (TPSA) is 57.6 Å². The van der Waals surface area contributed by atoms with Crippen molar-refractivity contribution in [3.63, 3.8) is 0 Å². The summed E-state index contributed by atoms with van der Waals surface area (Å²) in [7, 11) is 2.15. The normalized spacial score (nSPS) is 31.1. The summed E-state index contributed by atoms with van der Waals surface area (Å²) in [6.45, 7) is 1.74. The van der Waals surface area contributed by atoms with Crippen molar-refractivity contribution in [2.45, 2.75) is 19.4 Å². The average molecular weight is 175 g/mol. The number of rotatable bonds is 1. The molecule has 0 bridgehead atoms. The highest BCUT2D eigenvalue weighted by Crippen LogP contribution is 2.27. The zero-order valence-corrected chi connectivity index (χ0v) is 7.30. The molecule has 1 aliphatic rings. The number of carboxylic acid groups (broad SMARTS) is 1. The predicted octanol–water partition coefficient (Wildman–Crippen LogP) is 0.0981. The molecule has 1 N–H and O–H groups in total. The van der Waals surface area contributed by atoms with Crippen molar-refractivity contribution in [1.82, 2.24) is 4.67 Å². The van der Waals surface area contributed by atoms with Crippen LogP contribution in [0, 0.1) is 5.92 Å². The fourth-order valence-corrected chi connectivity index (χ4v) is 1.68. The van der Waals surface area contributed by atoms with Crippen molar-refractivity contribution in [2.75, 3.05) is 0 Å². The highest BCUT2D eigenvalue weighted by Gasteiger charge is 2.38. The van der Waals surface area contributed by atoms with Gasteiger partial charge in [0.15, 0.2) is 0 Å². The number of nitrogens with zero attached hydrogens (tertiary/aromatic N) is 1. The Labute approximate surface area is 66.8 Å². The average Bonchev–Trinajstić information content (AvgIpc) is 2.17. The molecule has 0 radical (unpaired) electrons. The molecule has 11 heavy (non-hydrogen) atoms. The van der Waals surface area contributed by atoms with Crippen LogP contribution in [0.4, 0.5) is 0 Å². The van der Waals surface area contributed by atoms with E-state index in [0.29, 0.717) is 6.42 Å². The van der Waals surface area contributed by atoms with Gasteiger partial charge in [-0.3, -0.25) is 4.79 Å². The monoisotopic (exact) mass is 175 g/mol. The van der Waals surface area contributed by atoms with Gasteiger partial charge in [0.05, 0.1) is 0 Å². The van der Waals surface area contributed by atoms with Gasteiger partial charge in [0.1, 0.15) is 6.04 Å². The lowest BCUT2D eigenvalue weighted by atomic mass is 10.1. The maximum Gasteiger partial charge on any atom is 0.326 e. The van der Waals surface area contributed by atoms with E-state index in [2.05, 4.69) is 9.39 Å². The summed E-state index contributed by atoms with van der Waals surface area (Å²) in [6.07, 6.45) is 0.414. The SMILES string of the molecule is CC1CC(C(=O)O)N(P)C1=O. The molecule has 1 heterocycles. The third-order valence-corrected chi connectivity index (χ3v) is 2.49. The van der Waals surface area contributed by atoms with E-state index in [1.165, 1.54) is 4.67 Å². The Bertz CT molecular complexity index is 206. The molecule has 1 saturated heterocycles. The van der Waals surface area contributed by atoms with Gasteiger partial charge >= 0.3 is 5.97 Å². The van der Waals surface area contributed by atoms with E-state index in [9.17, 15) is 9.59 Å². The molecule has 0 aromatic rings. The summed E-state index contributed by atoms with van der Waals surface area (Å²) in [5.74, 6) is -1.20. The van der Waals surface area contributed by atoms with Gasteiger partial charge in [0.2, 0.25) is 5.91 Å². The highest BCUT2D eigenvalue weighted by atomic mass is 31.0. The van der Waals surface area contributed by atoms with Crippen molar-refractivity contribution in [3.8, 4) is 0 Å². The van der Waals surface area contributed by atoms with Crippen LogP contribution in [0.25, 0.3) is 0 Å². The molecule has 1 fully saturated rings. The quantitative estimate of drug-likeness (QED) is 0.575. The van der Waals surface area contributed by atoms with Gasteiger partial charge in [0.25, 0.3) is 0 Å². The van der Waals surface area contributed by atoms with Crippen LogP contribution in [-0.2, 0) is 9.59 Å². The Morgan fingerprint density at radius 1 is 1.82 bits per heavy atom. The molecular formula is C6H10NO3P. The maximum absolute atomic E-state index is 11.1. The van der Waals surface area contributed by atoms with Crippen LogP contribution in [0.2, 0.25) is 0 Å². The van der Waals surface area contributed by atoms with E-state index >= 15 is 0 Å². The van der Waals surface area contributed by atoms with Crippen molar-refractivity contribution < 1.29 is 14.7 Å². The van der Waals surface area contributed by atoms with Crippen LogP contribution in [0.3, 0.4) is 0 Å². The molecular weight excluding hydrogens is 165 g/mol. The first-order chi connectivity index (χ1) is 5.04. The van der Waals surface area contributed by atoms with Gasteiger partial charge in [-0.05, 0) is 15.8 Å². The Morgan fingerprint density at radius 2 is 2.36 bits per heavy atom. The summed E-state index contributed by atoms with van der Waals surface area (Å²) in [5, 5.41) is 8.61. The van der Waals surface area contributed by atoms with E-state index < -0.39 is 12.0 Å². The van der Waals surface area contributed by atoms with Gasteiger partial charge in [0, 0.05) is 5.92 Å². The lowest BCUT2D eigenvalue weighted by Crippen LogP contribution is -2.30. The first-order valence-corrected chi connectivity index (χ1v) is 3.86. The smallest absolute Gasteiger partial charge is 0.326 e. The molecule has 1 aliphatic heterocycles. The largest absolute Gasteiger partial charge is 0.480 e. The lowest BCUT2D eigenvalue weighted by Gasteiger charge is -2.13. The van der Waals surface area contributed by atoms with E-state index in [1.807, 2.05) is 0 Å². The second-order valence-corrected chi connectivity index (χ2v) is 3.29. The second kappa shape index (κ2) is 2.78. The standard InChI is InChI=1S/C6H10NO3P/c1-3-2-4(6(9)10)7(11)5(3)8/h3-4H,2,11H2,1H3,(H,9,10). The zero-order valence-electron chi connectivity index (χ0n) is 6.15. The van der Waals surface area contributed by atoms with Crippen LogP contribution in [0.15, 0.2) is 0 Å². The minimum atomic E-state index is -0.933. The van der Waals surface area contributed by atoms with Crippen molar-refractivity contribution in [2.24, 2.45) is 5.92 Å². The van der Waals surface area contributed by atoms with Crippen LogP contribution < -0.4 is 0 Å². The first-order valence-electron chi connectivity index (χ1n) is 3.34. The van der Waals surface area contributed by atoms with Gasteiger partial charge in [-0.15, -0.1) is 0 Å². The number of amides is 1. The van der Waals surface area contributed by atoms with E-state index in [1.54, 1.807) is 6.92 Å². The minimum absolute atomic E-state index is 0.109. The molecule has 1 amide bonds. The summed E-state index contributed by atoms with van der Waals surface area (Å²) in [6, 6.07) is -0.650. The summed E-state index contributed by atoms with van der Waals surface area (Å²) in [4.78, 5) is 21.6. The Balaban J connectivity index is 2.75. The van der Waals surface area contributed by atoms with E-state index in [0.717, 1.165) is 0 Å². The molecule has 1 rings (SSSR count). The summed E-state index contributed by atoms with van der Waals surface area (Å²) in [5.41, 5.74) is 0. The van der Waals surface area contributed by atoms with Crippen LogP contribution >= 0.6 is 9.39 Å². The number of carbonyl (C=O) groups excluding carboxylic acids is 1. The lowest BCUT2D eigenvalue weighted by molar-refractivity contribution is -0.142. The number of aliphatic carboxylic acids is 1. The maximum atomic E-state index is 11.1. The number of carbonyl (C=O) groups is 2. The number of hydrogen-bond donors (Lipinski definition) is 1. The molecule has 3 unspecified atom stereocenters. The molecule has 5 heteroatoms. The zero-order chi connectivity index (χ0) is 8.59. The predicted molar refractivity (Wildman–Crippen MR) is 41.8 cm³/mol. The fourth-order valence-electron chi connectivity index (χ4n) is 1.18. The molecule has 62 valence electrons.